The number of anilines is 1. The van der Waals surface area contributed by atoms with Crippen LogP contribution in [0, 0.1) is 23.2 Å². The van der Waals surface area contributed by atoms with Gasteiger partial charge < -0.3 is 10.2 Å². The minimum Gasteiger partial charge on any atom is -0.355 e. The highest BCUT2D eigenvalue weighted by atomic mass is 15.2. The normalized spacial score (nSPS) is 27.8. The van der Waals surface area contributed by atoms with Crippen molar-refractivity contribution in [3.8, 4) is 6.07 Å². The SMILES string of the molecule is N#Cc1cccnc1N1CC2CNCC2C1. The molecule has 3 heterocycles. The van der Waals surface area contributed by atoms with E-state index in [2.05, 4.69) is 21.3 Å². The maximum atomic E-state index is 9.05. The largest absolute Gasteiger partial charge is 0.355 e. The van der Waals surface area contributed by atoms with Crippen LogP contribution in [-0.2, 0) is 0 Å². The Balaban J connectivity index is 1.86. The summed E-state index contributed by atoms with van der Waals surface area (Å²) in [6, 6.07) is 5.88. The summed E-state index contributed by atoms with van der Waals surface area (Å²) in [4.78, 5) is 6.60. The number of rotatable bonds is 1. The second kappa shape index (κ2) is 3.76. The zero-order valence-corrected chi connectivity index (χ0v) is 9.06. The highest BCUT2D eigenvalue weighted by molar-refractivity contribution is 5.54. The van der Waals surface area contributed by atoms with Crippen LogP contribution in [0.2, 0.25) is 0 Å². The van der Waals surface area contributed by atoms with Crippen LogP contribution >= 0.6 is 0 Å². The van der Waals surface area contributed by atoms with Gasteiger partial charge in [0, 0.05) is 32.4 Å². The van der Waals surface area contributed by atoms with Gasteiger partial charge >= 0.3 is 0 Å². The Morgan fingerprint density at radius 3 is 2.81 bits per heavy atom. The summed E-state index contributed by atoms with van der Waals surface area (Å²) in [5, 5.41) is 12.5. The van der Waals surface area contributed by atoms with Crippen LogP contribution in [0.4, 0.5) is 5.82 Å². The molecule has 82 valence electrons. The fraction of sp³-hybridized carbons (Fsp3) is 0.500. The van der Waals surface area contributed by atoms with E-state index >= 15 is 0 Å². The molecule has 3 rings (SSSR count). The number of aromatic nitrogens is 1. The van der Waals surface area contributed by atoms with Gasteiger partial charge in [0.25, 0.3) is 0 Å². The zero-order chi connectivity index (χ0) is 11.0. The lowest BCUT2D eigenvalue weighted by atomic mass is 10.0. The summed E-state index contributed by atoms with van der Waals surface area (Å²) in [5.74, 6) is 2.32. The fourth-order valence-electron chi connectivity index (χ4n) is 2.76. The minimum absolute atomic E-state index is 0.690. The molecule has 0 spiro atoms. The molecule has 0 radical (unpaired) electrons. The van der Waals surface area contributed by atoms with E-state index < -0.39 is 0 Å². The molecule has 1 aromatic heterocycles. The summed E-state index contributed by atoms with van der Waals surface area (Å²) < 4.78 is 0. The topological polar surface area (TPSA) is 52.0 Å². The summed E-state index contributed by atoms with van der Waals surface area (Å²) in [6.45, 7) is 4.28. The molecule has 1 aromatic rings. The Bertz CT molecular complexity index is 425. The molecule has 2 unspecified atom stereocenters. The van der Waals surface area contributed by atoms with Crippen LogP contribution in [0.5, 0.6) is 0 Å². The van der Waals surface area contributed by atoms with Gasteiger partial charge in [-0.25, -0.2) is 4.98 Å². The molecule has 0 aliphatic carbocycles. The third-order valence-electron chi connectivity index (χ3n) is 3.60. The van der Waals surface area contributed by atoms with Crippen molar-refractivity contribution in [1.82, 2.24) is 10.3 Å². The van der Waals surface area contributed by atoms with Crippen molar-refractivity contribution in [3.63, 3.8) is 0 Å². The highest BCUT2D eigenvalue weighted by Crippen LogP contribution is 2.30. The molecule has 2 aliphatic rings. The lowest BCUT2D eigenvalue weighted by Gasteiger charge is -2.19. The van der Waals surface area contributed by atoms with Crippen molar-refractivity contribution in [2.75, 3.05) is 31.1 Å². The first-order valence-corrected chi connectivity index (χ1v) is 5.69. The van der Waals surface area contributed by atoms with Crippen molar-refractivity contribution >= 4 is 5.82 Å². The van der Waals surface area contributed by atoms with Gasteiger partial charge in [0.2, 0.25) is 0 Å². The van der Waals surface area contributed by atoms with Crippen molar-refractivity contribution in [2.24, 2.45) is 11.8 Å². The minimum atomic E-state index is 0.690. The second-order valence-electron chi connectivity index (χ2n) is 4.57. The summed E-state index contributed by atoms with van der Waals surface area (Å²) >= 11 is 0. The Kier molecular flexibility index (Phi) is 2.26. The predicted molar refractivity (Wildman–Crippen MR) is 61.0 cm³/mol. The maximum absolute atomic E-state index is 9.05. The van der Waals surface area contributed by atoms with Gasteiger partial charge in [0.1, 0.15) is 11.9 Å². The van der Waals surface area contributed by atoms with E-state index in [-0.39, 0.29) is 0 Å². The Hall–Kier alpha value is -1.60. The molecular formula is C12H14N4. The molecule has 2 atom stereocenters. The van der Waals surface area contributed by atoms with E-state index in [0.717, 1.165) is 43.8 Å². The van der Waals surface area contributed by atoms with E-state index in [9.17, 15) is 0 Å². The van der Waals surface area contributed by atoms with Crippen LogP contribution in [-0.4, -0.2) is 31.2 Å². The van der Waals surface area contributed by atoms with Gasteiger partial charge in [-0.1, -0.05) is 0 Å². The number of pyridine rings is 1. The molecule has 0 aromatic carbocycles. The average Bonchev–Trinajstić information content (AvgIpc) is 2.89. The Morgan fingerprint density at radius 2 is 2.12 bits per heavy atom. The van der Waals surface area contributed by atoms with Crippen LogP contribution in [0.1, 0.15) is 5.56 Å². The Morgan fingerprint density at radius 1 is 1.38 bits per heavy atom. The molecule has 4 nitrogen and oxygen atoms in total. The standard InChI is InChI=1S/C12H14N4/c13-4-9-2-1-3-15-12(9)16-7-10-5-14-6-11(10)8-16/h1-3,10-11,14H,5-8H2. The van der Waals surface area contributed by atoms with E-state index in [0.29, 0.717) is 5.56 Å². The van der Waals surface area contributed by atoms with Crippen LogP contribution < -0.4 is 10.2 Å². The van der Waals surface area contributed by atoms with Crippen LogP contribution in [0.25, 0.3) is 0 Å². The third-order valence-corrected chi connectivity index (χ3v) is 3.60. The molecule has 4 heteroatoms. The Labute approximate surface area is 94.9 Å². The van der Waals surface area contributed by atoms with Gasteiger partial charge in [0.05, 0.1) is 5.56 Å². The molecule has 16 heavy (non-hydrogen) atoms. The summed E-state index contributed by atoms with van der Waals surface area (Å²) in [6.07, 6.45) is 1.77. The lowest BCUT2D eigenvalue weighted by Crippen LogP contribution is -2.26. The van der Waals surface area contributed by atoms with E-state index in [4.69, 9.17) is 5.26 Å². The van der Waals surface area contributed by atoms with Gasteiger partial charge in [-0.15, -0.1) is 0 Å². The summed E-state index contributed by atoms with van der Waals surface area (Å²) in [5.41, 5.74) is 0.690. The van der Waals surface area contributed by atoms with Gasteiger partial charge in [-0.2, -0.15) is 5.26 Å². The maximum Gasteiger partial charge on any atom is 0.146 e. The molecule has 2 fully saturated rings. The number of fused-ring (bicyclic) bond motifs is 1. The first-order chi connectivity index (χ1) is 7.88. The van der Waals surface area contributed by atoms with Gasteiger partial charge in [0.15, 0.2) is 0 Å². The quantitative estimate of drug-likeness (QED) is 0.744. The van der Waals surface area contributed by atoms with Crippen molar-refractivity contribution in [2.45, 2.75) is 0 Å². The van der Waals surface area contributed by atoms with E-state index in [1.807, 2.05) is 12.1 Å². The van der Waals surface area contributed by atoms with Crippen molar-refractivity contribution in [1.29, 1.82) is 5.26 Å². The predicted octanol–water partition coefficient (Wildman–Crippen LogP) is 0.609. The molecule has 0 saturated carbocycles. The molecule has 2 aliphatic heterocycles. The number of nitriles is 1. The first kappa shape index (κ1) is 9.61. The van der Waals surface area contributed by atoms with Gasteiger partial charge in [-0.05, 0) is 24.0 Å². The fourth-order valence-corrected chi connectivity index (χ4v) is 2.76. The molecular weight excluding hydrogens is 200 g/mol. The number of nitrogens with one attached hydrogen (secondary N) is 1. The highest BCUT2D eigenvalue weighted by Gasteiger charge is 2.37. The van der Waals surface area contributed by atoms with Gasteiger partial charge in [-0.3, -0.25) is 0 Å². The third kappa shape index (κ3) is 1.44. The summed E-state index contributed by atoms with van der Waals surface area (Å²) in [7, 11) is 0. The average molecular weight is 214 g/mol. The monoisotopic (exact) mass is 214 g/mol. The van der Waals surface area contributed by atoms with Crippen molar-refractivity contribution < 1.29 is 0 Å². The molecule has 0 amide bonds. The number of hydrogen-bond donors (Lipinski definition) is 1. The van der Waals surface area contributed by atoms with E-state index in [1.165, 1.54) is 0 Å². The molecule has 1 N–H and O–H groups in total. The molecule has 0 bridgehead atoms. The lowest BCUT2D eigenvalue weighted by molar-refractivity contribution is 0.533. The number of nitrogens with zero attached hydrogens (tertiary/aromatic N) is 3. The second-order valence-corrected chi connectivity index (χ2v) is 4.57. The van der Waals surface area contributed by atoms with Crippen LogP contribution in [0.15, 0.2) is 18.3 Å². The molecule has 2 saturated heterocycles. The smallest absolute Gasteiger partial charge is 0.146 e. The first-order valence-electron chi connectivity index (χ1n) is 5.69. The van der Waals surface area contributed by atoms with Crippen molar-refractivity contribution in [3.05, 3.63) is 23.9 Å². The van der Waals surface area contributed by atoms with Crippen LogP contribution in [0.3, 0.4) is 0 Å². The zero-order valence-electron chi connectivity index (χ0n) is 9.06. The number of hydrogen-bond acceptors (Lipinski definition) is 4. The van der Waals surface area contributed by atoms with E-state index in [1.54, 1.807) is 6.20 Å².